The average Bonchev–Trinajstić information content (AvgIpc) is 3.19. The number of rotatable bonds is 40. The number of allylic oxidation sites excluding steroid dienone is 13. The molecule has 3 unspecified atom stereocenters. The zero-order chi connectivity index (χ0) is 41.1. The van der Waals surface area contributed by atoms with Crippen LogP contribution >= 0.6 is 7.82 Å². The van der Waals surface area contributed by atoms with Gasteiger partial charge in [0, 0.05) is 13.0 Å². The van der Waals surface area contributed by atoms with Gasteiger partial charge in [0.05, 0.1) is 25.4 Å². The highest BCUT2D eigenvalue weighted by Gasteiger charge is 2.26. The van der Waals surface area contributed by atoms with Gasteiger partial charge in [-0.1, -0.05) is 176 Å². The number of phosphoric ester groups is 1. The number of unbranched alkanes of at least 4 members (excludes halogenated alkanes) is 16. The Morgan fingerprint density at radius 3 is 1.59 bits per heavy atom. The molecule has 1 amide bonds. The van der Waals surface area contributed by atoms with Gasteiger partial charge < -0.3 is 21.1 Å². The molecule has 0 aromatic rings. The normalized spacial score (nSPS) is 14.9. The molecule has 3 atom stereocenters. The summed E-state index contributed by atoms with van der Waals surface area (Å²) in [5.74, 6) is -0.220. The fourth-order valence-corrected chi connectivity index (χ4v) is 6.64. The smallest absolute Gasteiger partial charge is 0.387 e. The van der Waals surface area contributed by atoms with Crippen molar-refractivity contribution in [2.24, 2.45) is 5.73 Å². The molecule has 0 aromatic heterocycles. The van der Waals surface area contributed by atoms with Crippen LogP contribution < -0.4 is 11.1 Å². The van der Waals surface area contributed by atoms with Crippen molar-refractivity contribution in [2.45, 2.75) is 187 Å². The molecule has 0 radical (unpaired) electrons. The Kier molecular flexibility index (Phi) is 40.5. The third kappa shape index (κ3) is 39.9. The molecule has 0 aromatic carbocycles. The third-order valence-corrected chi connectivity index (χ3v) is 10.2. The van der Waals surface area contributed by atoms with Gasteiger partial charge in [0.2, 0.25) is 5.91 Å². The van der Waals surface area contributed by atoms with E-state index in [1.807, 2.05) is 6.08 Å². The Bertz CT molecular complexity index is 1150. The van der Waals surface area contributed by atoms with Gasteiger partial charge in [0.1, 0.15) is 0 Å². The summed E-state index contributed by atoms with van der Waals surface area (Å²) in [5, 5.41) is 13.6. The molecule has 0 fully saturated rings. The summed E-state index contributed by atoms with van der Waals surface area (Å²) in [4.78, 5) is 22.7. The molecule has 56 heavy (non-hydrogen) atoms. The highest BCUT2D eigenvalue weighted by atomic mass is 31.2. The summed E-state index contributed by atoms with van der Waals surface area (Å²) in [6.07, 6.45) is 56.3. The maximum absolute atomic E-state index is 12.8. The average molecular weight is 803 g/mol. The van der Waals surface area contributed by atoms with Gasteiger partial charge in [-0.2, -0.15) is 0 Å². The lowest BCUT2D eigenvalue weighted by atomic mass is 10.1. The van der Waals surface area contributed by atoms with Crippen LogP contribution in [0.1, 0.15) is 174 Å². The van der Waals surface area contributed by atoms with Gasteiger partial charge >= 0.3 is 7.82 Å². The van der Waals surface area contributed by atoms with E-state index < -0.39 is 20.0 Å². The lowest BCUT2D eigenvalue weighted by Gasteiger charge is -2.23. The molecule has 0 bridgehead atoms. The standard InChI is InChI=1S/C47H83N2O6P/c1-3-5-7-9-11-13-15-17-19-20-21-22-23-24-25-26-27-29-31-33-35-37-39-41-47(51)49-45(44-55-56(52,53)54-43-42-48)46(50)40-38-36-34-32-30-28-18-16-14-12-10-8-6-4-2/h5,7,11,13,17,19,21-22,24-25,30,32,38,40,45-46,50H,3-4,6,8-10,12,14-16,18,20,23,26-29,31,33-37,39,41-44,48H2,1-2H3,(H,49,51)(H,52,53)/b7-5-,13-11-,19-17-,22-21-,25-24-,32-30+,40-38+. The summed E-state index contributed by atoms with van der Waals surface area (Å²) in [6.45, 7) is 3.97. The summed E-state index contributed by atoms with van der Waals surface area (Å²) >= 11 is 0. The van der Waals surface area contributed by atoms with E-state index in [0.717, 1.165) is 83.5 Å². The Morgan fingerprint density at radius 1 is 0.607 bits per heavy atom. The monoisotopic (exact) mass is 803 g/mol. The molecule has 0 spiro atoms. The molecular weight excluding hydrogens is 719 g/mol. The molecular formula is C47H83N2O6P. The Hall–Kier alpha value is -2.32. The quantitative estimate of drug-likeness (QED) is 0.0276. The first-order valence-electron chi connectivity index (χ1n) is 22.2. The number of hydrogen-bond acceptors (Lipinski definition) is 6. The molecule has 0 heterocycles. The second-order valence-electron chi connectivity index (χ2n) is 14.5. The molecule has 9 heteroatoms. The van der Waals surface area contributed by atoms with Crippen molar-refractivity contribution in [2.75, 3.05) is 19.8 Å². The number of nitrogens with one attached hydrogen (secondary N) is 1. The third-order valence-electron chi connectivity index (χ3n) is 9.20. The minimum Gasteiger partial charge on any atom is -0.387 e. The number of nitrogens with two attached hydrogens (primary N) is 1. The van der Waals surface area contributed by atoms with E-state index in [-0.39, 0.29) is 25.7 Å². The Balaban J connectivity index is 4.25. The van der Waals surface area contributed by atoms with Crippen LogP contribution in [0, 0.1) is 0 Å². The predicted octanol–water partition coefficient (Wildman–Crippen LogP) is 12.6. The van der Waals surface area contributed by atoms with E-state index in [4.69, 9.17) is 14.8 Å². The number of aliphatic hydroxyl groups excluding tert-OH is 1. The molecule has 0 saturated carbocycles. The zero-order valence-electron chi connectivity index (χ0n) is 35.6. The first-order chi connectivity index (χ1) is 27.4. The summed E-state index contributed by atoms with van der Waals surface area (Å²) in [5.41, 5.74) is 5.37. The highest BCUT2D eigenvalue weighted by molar-refractivity contribution is 7.47. The molecule has 322 valence electrons. The minimum absolute atomic E-state index is 0.0676. The van der Waals surface area contributed by atoms with E-state index >= 15 is 0 Å². The van der Waals surface area contributed by atoms with Gasteiger partial charge in [-0.3, -0.25) is 13.8 Å². The predicted molar refractivity (Wildman–Crippen MR) is 239 cm³/mol. The van der Waals surface area contributed by atoms with Crippen LogP contribution in [0.25, 0.3) is 0 Å². The minimum atomic E-state index is -4.36. The molecule has 0 aliphatic rings. The zero-order valence-corrected chi connectivity index (χ0v) is 36.5. The Labute approximate surface area is 343 Å². The molecule has 0 aliphatic carbocycles. The summed E-state index contributed by atoms with van der Waals surface area (Å²) < 4.78 is 22.1. The maximum Gasteiger partial charge on any atom is 0.472 e. The van der Waals surface area contributed by atoms with Gasteiger partial charge in [0.15, 0.2) is 0 Å². The van der Waals surface area contributed by atoms with Crippen molar-refractivity contribution >= 4 is 13.7 Å². The van der Waals surface area contributed by atoms with Crippen LogP contribution in [0.5, 0.6) is 0 Å². The van der Waals surface area contributed by atoms with Crippen molar-refractivity contribution in [3.05, 3.63) is 85.1 Å². The number of carbonyl (C=O) groups excluding carboxylic acids is 1. The summed E-state index contributed by atoms with van der Waals surface area (Å²) in [6, 6.07) is -0.888. The molecule has 5 N–H and O–H groups in total. The van der Waals surface area contributed by atoms with Crippen LogP contribution in [0.15, 0.2) is 85.1 Å². The second-order valence-corrected chi connectivity index (χ2v) is 16.0. The van der Waals surface area contributed by atoms with E-state index in [1.54, 1.807) is 6.08 Å². The van der Waals surface area contributed by atoms with Gasteiger partial charge in [0.25, 0.3) is 0 Å². The van der Waals surface area contributed by atoms with Gasteiger partial charge in [-0.05, 0) is 77.0 Å². The van der Waals surface area contributed by atoms with Crippen molar-refractivity contribution < 1.29 is 28.4 Å². The molecule has 0 aliphatic heterocycles. The Morgan fingerprint density at radius 2 is 1.05 bits per heavy atom. The van der Waals surface area contributed by atoms with Crippen LogP contribution in [-0.4, -0.2) is 47.8 Å². The van der Waals surface area contributed by atoms with Crippen molar-refractivity contribution in [1.29, 1.82) is 0 Å². The number of aliphatic hydroxyl groups is 1. The number of hydrogen-bond donors (Lipinski definition) is 4. The fraction of sp³-hybridized carbons (Fsp3) is 0.681. The topological polar surface area (TPSA) is 131 Å². The maximum atomic E-state index is 12.8. The molecule has 0 rings (SSSR count). The first kappa shape index (κ1) is 53.7. The van der Waals surface area contributed by atoms with Crippen LogP contribution in [0.3, 0.4) is 0 Å². The number of phosphoric acid groups is 1. The first-order valence-corrected chi connectivity index (χ1v) is 23.7. The van der Waals surface area contributed by atoms with Crippen LogP contribution in [0.2, 0.25) is 0 Å². The highest BCUT2D eigenvalue weighted by Crippen LogP contribution is 2.43. The lowest BCUT2D eigenvalue weighted by molar-refractivity contribution is -0.123. The van der Waals surface area contributed by atoms with E-state index in [1.165, 1.54) is 70.6 Å². The summed E-state index contributed by atoms with van der Waals surface area (Å²) in [7, 11) is -4.36. The number of amides is 1. The van der Waals surface area contributed by atoms with Crippen LogP contribution in [-0.2, 0) is 18.4 Å². The fourth-order valence-electron chi connectivity index (χ4n) is 5.88. The number of carbonyl (C=O) groups is 1. The van der Waals surface area contributed by atoms with Crippen molar-refractivity contribution in [3.8, 4) is 0 Å². The largest absolute Gasteiger partial charge is 0.472 e. The van der Waals surface area contributed by atoms with Crippen molar-refractivity contribution in [1.82, 2.24) is 5.32 Å². The SMILES string of the molecule is CC/C=C\C/C=C\C/C=C\C/C=C\C/C=C\CCCCCCCCCC(=O)NC(COP(=O)(O)OCCN)C(O)/C=C/CC/C=C/CCCCCCCCCC. The van der Waals surface area contributed by atoms with Crippen LogP contribution in [0.4, 0.5) is 0 Å². The van der Waals surface area contributed by atoms with E-state index in [9.17, 15) is 19.4 Å². The lowest BCUT2D eigenvalue weighted by Crippen LogP contribution is -2.45. The second kappa shape index (κ2) is 42.3. The van der Waals surface area contributed by atoms with Gasteiger partial charge in [-0.15, -0.1) is 0 Å². The van der Waals surface area contributed by atoms with E-state index in [0.29, 0.717) is 6.42 Å². The van der Waals surface area contributed by atoms with Crippen molar-refractivity contribution in [3.63, 3.8) is 0 Å². The molecule has 0 saturated heterocycles. The van der Waals surface area contributed by atoms with E-state index in [2.05, 4.69) is 92.1 Å². The molecule has 8 nitrogen and oxygen atoms in total. The van der Waals surface area contributed by atoms with Gasteiger partial charge in [-0.25, -0.2) is 4.57 Å².